The van der Waals surface area contributed by atoms with Gasteiger partial charge in [0.25, 0.3) is 0 Å². The number of aromatic nitrogens is 1. The van der Waals surface area contributed by atoms with Gasteiger partial charge in [-0.05, 0) is 18.6 Å². The van der Waals surface area contributed by atoms with Crippen molar-refractivity contribution in [2.24, 2.45) is 0 Å². The summed E-state index contributed by atoms with van der Waals surface area (Å²) >= 11 is 1.54. The minimum Gasteiger partial charge on any atom is -0.466 e. The van der Waals surface area contributed by atoms with Gasteiger partial charge < -0.3 is 9.52 Å². The first-order valence-electron chi connectivity index (χ1n) is 4.38. The largest absolute Gasteiger partial charge is 0.466 e. The number of thiazole rings is 1. The Kier molecular flexibility index (Phi) is 2.65. The van der Waals surface area contributed by atoms with Crippen molar-refractivity contribution in [2.45, 2.75) is 19.4 Å². The topological polar surface area (TPSA) is 46.3 Å². The molecule has 2 aromatic heterocycles. The van der Waals surface area contributed by atoms with Crippen LogP contribution in [0.1, 0.15) is 22.4 Å². The number of hydrogen-bond acceptors (Lipinski definition) is 4. The molecule has 0 amide bonds. The van der Waals surface area contributed by atoms with E-state index in [0.29, 0.717) is 12.2 Å². The van der Waals surface area contributed by atoms with Crippen molar-refractivity contribution in [3.8, 4) is 0 Å². The van der Waals surface area contributed by atoms with E-state index in [4.69, 9.17) is 4.42 Å². The zero-order valence-electron chi connectivity index (χ0n) is 7.80. The Morgan fingerprint density at radius 1 is 1.64 bits per heavy atom. The van der Waals surface area contributed by atoms with Crippen LogP contribution in [0.3, 0.4) is 0 Å². The normalized spacial score (nSPS) is 13.0. The molecule has 0 saturated heterocycles. The number of rotatable bonds is 3. The van der Waals surface area contributed by atoms with E-state index in [1.165, 1.54) is 0 Å². The van der Waals surface area contributed by atoms with E-state index in [0.717, 1.165) is 10.6 Å². The highest BCUT2D eigenvalue weighted by atomic mass is 32.1. The maximum absolute atomic E-state index is 9.83. The van der Waals surface area contributed by atoms with E-state index in [1.807, 2.05) is 18.4 Å². The van der Waals surface area contributed by atoms with Gasteiger partial charge in [-0.15, -0.1) is 11.3 Å². The molecule has 0 saturated carbocycles. The van der Waals surface area contributed by atoms with Gasteiger partial charge in [0.2, 0.25) is 0 Å². The zero-order chi connectivity index (χ0) is 9.97. The van der Waals surface area contributed by atoms with Crippen LogP contribution in [0.4, 0.5) is 0 Å². The van der Waals surface area contributed by atoms with Crippen molar-refractivity contribution in [1.82, 2.24) is 4.98 Å². The number of aliphatic hydroxyl groups excluding tert-OH is 1. The third-order valence-corrected chi connectivity index (χ3v) is 2.86. The molecule has 0 radical (unpaired) electrons. The first-order valence-corrected chi connectivity index (χ1v) is 5.26. The van der Waals surface area contributed by atoms with Crippen LogP contribution in [0.5, 0.6) is 0 Å². The molecule has 74 valence electrons. The Morgan fingerprint density at radius 3 is 3.07 bits per heavy atom. The lowest BCUT2D eigenvalue weighted by molar-refractivity contribution is 0.149. The first-order chi connectivity index (χ1) is 6.77. The highest BCUT2D eigenvalue weighted by molar-refractivity contribution is 7.09. The fourth-order valence-corrected chi connectivity index (χ4v) is 1.99. The predicted molar refractivity (Wildman–Crippen MR) is 54.2 cm³/mol. The molecule has 0 aliphatic carbocycles. The first kappa shape index (κ1) is 9.43. The highest BCUT2D eigenvalue weighted by Gasteiger charge is 2.15. The van der Waals surface area contributed by atoms with Gasteiger partial charge in [-0.25, -0.2) is 4.98 Å². The van der Waals surface area contributed by atoms with Gasteiger partial charge in [0.1, 0.15) is 11.9 Å². The van der Waals surface area contributed by atoms with Gasteiger partial charge in [0.15, 0.2) is 0 Å². The number of nitrogens with zero attached hydrogens (tertiary/aromatic N) is 1. The number of aliphatic hydroxyl groups is 1. The quantitative estimate of drug-likeness (QED) is 0.843. The van der Waals surface area contributed by atoms with Crippen molar-refractivity contribution < 1.29 is 9.52 Å². The molecule has 2 aromatic rings. The van der Waals surface area contributed by atoms with Gasteiger partial charge in [-0.1, -0.05) is 0 Å². The molecule has 0 spiro atoms. The molecular formula is C10H11NO2S. The minimum atomic E-state index is -0.587. The van der Waals surface area contributed by atoms with Crippen LogP contribution in [0.15, 0.2) is 28.3 Å². The zero-order valence-corrected chi connectivity index (χ0v) is 8.62. The number of aryl methyl sites for hydroxylation is 1. The summed E-state index contributed by atoms with van der Waals surface area (Å²) in [6, 6.07) is 1.85. The summed E-state index contributed by atoms with van der Waals surface area (Å²) < 4.78 is 5.20. The molecule has 1 N–H and O–H groups in total. The molecule has 1 unspecified atom stereocenters. The Labute approximate surface area is 86.0 Å². The molecular weight excluding hydrogens is 198 g/mol. The smallest absolute Gasteiger partial charge is 0.135 e. The summed E-state index contributed by atoms with van der Waals surface area (Å²) in [5.41, 5.74) is 0.981. The Morgan fingerprint density at radius 2 is 2.50 bits per heavy atom. The SMILES string of the molecule is Cc1ccoc1C(O)Cc1nccs1. The summed E-state index contributed by atoms with van der Waals surface area (Å²) in [4.78, 5) is 4.11. The van der Waals surface area contributed by atoms with Crippen LogP contribution < -0.4 is 0 Å². The van der Waals surface area contributed by atoms with Crippen LogP contribution in [-0.2, 0) is 6.42 Å². The summed E-state index contributed by atoms with van der Waals surface area (Å²) in [7, 11) is 0. The molecule has 2 heterocycles. The van der Waals surface area contributed by atoms with E-state index in [-0.39, 0.29) is 0 Å². The van der Waals surface area contributed by atoms with Crippen LogP contribution in [-0.4, -0.2) is 10.1 Å². The van der Waals surface area contributed by atoms with Gasteiger partial charge >= 0.3 is 0 Å². The molecule has 1 atom stereocenters. The molecule has 0 bridgehead atoms. The Hall–Kier alpha value is -1.13. The summed E-state index contributed by atoms with van der Waals surface area (Å²) in [5.74, 6) is 0.639. The van der Waals surface area contributed by atoms with E-state index >= 15 is 0 Å². The molecule has 14 heavy (non-hydrogen) atoms. The summed E-state index contributed by atoms with van der Waals surface area (Å²) in [5, 5.41) is 12.7. The lowest BCUT2D eigenvalue weighted by Gasteiger charge is -2.06. The van der Waals surface area contributed by atoms with Crippen LogP contribution in [0.25, 0.3) is 0 Å². The molecule has 0 fully saturated rings. The Bertz CT molecular complexity index is 394. The maximum Gasteiger partial charge on any atom is 0.135 e. The molecule has 0 aromatic carbocycles. The van der Waals surface area contributed by atoms with Gasteiger partial charge in [-0.2, -0.15) is 0 Å². The van der Waals surface area contributed by atoms with Gasteiger partial charge in [0.05, 0.1) is 11.3 Å². The average Bonchev–Trinajstić information content (AvgIpc) is 2.75. The molecule has 4 heteroatoms. The van der Waals surface area contributed by atoms with E-state index < -0.39 is 6.10 Å². The fraction of sp³-hybridized carbons (Fsp3) is 0.300. The number of furan rings is 1. The number of hydrogen-bond donors (Lipinski definition) is 1. The van der Waals surface area contributed by atoms with Gasteiger partial charge in [0, 0.05) is 18.0 Å². The second-order valence-electron chi connectivity index (χ2n) is 3.11. The molecule has 3 nitrogen and oxygen atoms in total. The van der Waals surface area contributed by atoms with Crippen LogP contribution in [0.2, 0.25) is 0 Å². The maximum atomic E-state index is 9.83. The van der Waals surface area contributed by atoms with Crippen molar-refractivity contribution in [2.75, 3.05) is 0 Å². The van der Waals surface area contributed by atoms with Crippen molar-refractivity contribution in [3.63, 3.8) is 0 Å². The second-order valence-corrected chi connectivity index (χ2v) is 4.09. The lowest BCUT2D eigenvalue weighted by Crippen LogP contribution is -2.01. The van der Waals surface area contributed by atoms with Crippen LogP contribution in [0, 0.1) is 6.92 Å². The van der Waals surface area contributed by atoms with Crippen molar-refractivity contribution >= 4 is 11.3 Å². The predicted octanol–water partition coefficient (Wildman–Crippen LogP) is 2.32. The molecule has 0 aliphatic heterocycles. The average molecular weight is 209 g/mol. The van der Waals surface area contributed by atoms with E-state index in [9.17, 15) is 5.11 Å². The van der Waals surface area contributed by atoms with Gasteiger partial charge in [-0.3, -0.25) is 0 Å². The van der Waals surface area contributed by atoms with Crippen molar-refractivity contribution in [1.29, 1.82) is 0 Å². The minimum absolute atomic E-state index is 0.520. The van der Waals surface area contributed by atoms with E-state index in [1.54, 1.807) is 23.8 Å². The lowest BCUT2D eigenvalue weighted by atomic mass is 10.1. The fourth-order valence-electron chi connectivity index (χ4n) is 1.34. The van der Waals surface area contributed by atoms with Crippen LogP contribution >= 0.6 is 11.3 Å². The third-order valence-electron chi connectivity index (χ3n) is 2.06. The Balaban J connectivity index is 2.10. The summed E-state index contributed by atoms with van der Waals surface area (Å²) in [6.07, 6.45) is 3.26. The molecule has 2 rings (SSSR count). The third kappa shape index (κ3) is 1.86. The highest BCUT2D eigenvalue weighted by Crippen LogP contribution is 2.22. The second kappa shape index (κ2) is 3.94. The summed E-state index contributed by atoms with van der Waals surface area (Å²) in [6.45, 7) is 1.92. The molecule has 0 aliphatic rings. The monoisotopic (exact) mass is 209 g/mol. The van der Waals surface area contributed by atoms with Crippen molar-refractivity contribution in [3.05, 3.63) is 40.2 Å². The standard InChI is InChI=1S/C10H11NO2S/c1-7-2-4-13-10(7)8(12)6-9-11-3-5-14-9/h2-5,8,12H,6H2,1H3. The van der Waals surface area contributed by atoms with E-state index in [2.05, 4.69) is 4.98 Å².